The van der Waals surface area contributed by atoms with Crippen molar-refractivity contribution in [3.63, 3.8) is 0 Å². The van der Waals surface area contributed by atoms with Crippen molar-refractivity contribution in [3.8, 4) is 0 Å². The smallest absolute Gasteiger partial charge is 0.360 e. The van der Waals surface area contributed by atoms with Crippen molar-refractivity contribution in [2.45, 2.75) is 6.23 Å². The maximum atomic E-state index is 13.4. The third-order valence-corrected chi connectivity index (χ3v) is 3.49. The molecule has 0 fully saturated rings. The number of carbonyl (C=O) groups is 1. The van der Waals surface area contributed by atoms with Crippen LogP contribution in [-0.2, 0) is 9.63 Å². The number of carbonyl (C=O) groups excluding carboxylic acids is 1. The second-order valence-electron chi connectivity index (χ2n) is 4.21. The number of nitrogens with zero attached hydrogens (tertiary/aromatic N) is 5. The highest BCUT2D eigenvalue weighted by molar-refractivity contribution is 9.10. The van der Waals surface area contributed by atoms with Gasteiger partial charge in [-0.2, -0.15) is 0 Å². The van der Waals surface area contributed by atoms with Crippen LogP contribution in [0.1, 0.15) is 5.69 Å². The highest BCUT2D eigenvalue weighted by Gasteiger charge is 2.39. The van der Waals surface area contributed by atoms with Crippen molar-refractivity contribution in [2.24, 2.45) is 5.16 Å². The Hall–Kier alpha value is -2.89. The Morgan fingerprint density at radius 1 is 1.43 bits per heavy atom. The van der Waals surface area contributed by atoms with Gasteiger partial charge in [0.25, 0.3) is 11.9 Å². The number of amidine groups is 1. The molecule has 1 atom stereocenters. The molecule has 1 aliphatic rings. The van der Waals surface area contributed by atoms with E-state index in [-0.39, 0.29) is 16.0 Å². The molecule has 0 spiro atoms. The minimum atomic E-state index is -1.20. The molecule has 0 N–H and O–H groups in total. The fraction of sp³-hybridized carbons (Fsp3) is 0.0909. The molecule has 0 aliphatic carbocycles. The summed E-state index contributed by atoms with van der Waals surface area (Å²) < 4.78 is 17.9. The second kappa shape index (κ2) is 5.72. The minimum absolute atomic E-state index is 0.124. The Bertz CT molecular complexity index is 825. The van der Waals surface area contributed by atoms with Crippen molar-refractivity contribution >= 4 is 39.6 Å². The van der Waals surface area contributed by atoms with Gasteiger partial charge in [-0.05, 0) is 44.2 Å². The Morgan fingerprint density at radius 2 is 2.22 bits per heavy atom. The van der Waals surface area contributed by atoms with Gasteiger partial charge in [0.15, 0.2) is 11.4 Å². The predicted octanol–water partition coefficient (Wildman–Crippen LogP) is 1.60. The van der Waals surface area contributed by atoms with E-state index >= 15 is 0 Å². The van der Waals surface area contributed by atoms with Crippen LogP contribution in [0.5, 0.6) is 0 Å². The number of oxime groups is 1. The molecule has 0 bridgehead atoms. The molecule has 0 amide bonds. The van der Waals surface area contributed by atoms with Gasteiger partial charge in [0, 0.05) is 5.69 Å². The number of hydrogen-bond acceptors (Lipinski definition) is 9. The number of anilines is 1. The summed E-state index contributed by atoms with van der Waals surface area (Å²) in [6.45, 7) is 0. The summed E-state index contributed by atoms with van der Waals surface area (Å²) in [6, 6.07) is 3.85. The van der Waals surface area contributed by atoms with E-state index in [1.54, 1.807) is 0 Å². The van der Waals surface area contributed by atoms with E-state index in [9.17, 15) is 19.3 Å². The summed E-state index contributed by atoms with van der Waals surface area (Å²) in [4.78, 5) is 27.4. The maximum absolute atomic E-state index is 13.4. The Balaban J connectivity index is 2.09. The maximum Gasteiger partial charge on any atom is 0.446 e. The van der Waals surface area contributed by atoms with E-state index in [0.717, 1.165) is 6.07 Å². The van der Waals surface area contributed by atoms with Crippen LogP contribution >= 0.6 is 15.9 Å². The standard InChI is InChI=1S/C11H5BrFN5O5/c12-6-3-5(1-2-7(6)13)17-8(4-19)22-15-10(17)9-11(18(20)21)16-23-14-9/h1-4,8H. The molecule has 3 rings (SSSR count). The largest absolute Gasteiger partial charge is 0.446 e. The van der Waals surface area contributed by atoms with Crippen molar-refractivity contribution in [2.75, 3.05) is 4.90 Å². The fourth-order valence-corrected chi connectivity index (χ4v) is 2.27. The normalized spacial score (nSPS) is 16.9. The summed E-state index contributed by atoms with van der Waals surface area (Å²) in [5.41, 5.74) is -0.0243. The van der Waals surface area contributed by atoms with Gasteiger partial charge in [-0.3, -0.25) is 9.69 Å². The highest BCUT2D eigenvalue weighted by Crippen LogP contribution is 2.30. The number of hydrogen-bond donors (Lipinski definition) is 0. The molecule has 2 aromatic rings. The highest BCUT2D eigenvalue weighted by atomic mass is 79.9. The van der Waals surface area contributed by atoms with Gasteiger partial charge in [-0.15, -0.1) is 4.63 Å². The lowest BCUT2D eigenvalue weighted by Crippen LogP contribution is -2.38. The average Bonchev–Trinajstić information content (AvgIpc) is 3.15. The first-order valence-corrected chi connectivity index (χ1v) is 6.73. The summed E-state index contributed by atoms with van der Waals surface area (Å²) in [5, 5.41) is 21.1. The van der Waals surface area contributed by atoms with Crippen molar-refractivity contribution in [3.05, 3.63) is 44.3 Å². The van der Waals surface area contributed by atoms with Gasteiger partial charge >= 0.3 is 5.82 Å². The lowest BCUT2D eigenvalue weighted by molar-refractivity contribution is -0.391. The van der Waals surface area contributed by atoms with Crippen molar-refractivity contribution in [1.29, 1.82) is 0 Å². The van der Waals surface area contributed by atoms with E-state index in [1.165, 1.54) is 17.0 Å². The minimum Gasteiger partial charge on any atom is -0.360 e. The van der Waals surface area contributed by atoms with E-state index in [2.05, 4.69) is 36.0 Å². The third kappa shape index (κ3) is 2.52. The van der Waals surface area contributed by atoms with Crippen LogP contribution in [0.4, 0.5) is 15.9 Å². The molecule has 2 heterocycles. The van der Waals surface area contributed by atoms with Gasteiger partial charge in [0.2, 0.25) is 5.84 Å². The third-order valence-electron chi connectivity index (χ3n) is 2.88. The van der Waals surface area contributed by atoms with Crippen molar-refractivity contribution in [1.82, 2.24) is 10.3 Å². The molecule has 0 saturated heterocycles. The van der Waals surface area contributed by atoms with Gasteiger partial charge in [0.05, 0.1) is 4.47 Å². The first-order valence-electron chi connectivity index (χ1n) is 5.93. The summed E-state index contributed by atoms with van der Waals surface area (Å²) in [7, 11) is 0. The zero-order valence-corrected chi connectivity index (χ0v) is 12.5. The molecule has 23 heavy (non-hydrogen) atoms. The van der Waals surface area contributed by atoms with E-state index < -0.39 is 22.8 Å². The van der Waals surface area contributed by atoms with Crippen LogP contribution in [-0.4, -0.2) is 33.6 Å². The monoisotopic (exact) mass is 385 g/mol. The van der Waals surface area contributed by atoms with E-state index in [4.69, 9.17) is 4.84 Å². The molecule has 1 unspecified atom stereocenters. The molecular formula is C11H5BrFN5O5. The van der Waals surface area contributed by atoms with E-state index in [1.807, 2.05) is 0 Å². The van der Waals surface area contributed by atoms with Gasteiger partial charge in [-0.25, -0.2) is 4.39 Å². The van der Waals surface area contributed by atoms with Gasteiger partial charge < -0.3 is 15.0 Å². The average molecular weight is 386 g/mol. The van der Waals surface area contributed by atoms with Crippen LogP contribution in [0.25, 0.3) is 0 Å². The zero-order valence-electron chi connectivity index (χ0n) is 10.9. The SMILES string of the molecule is O=CC1ON=C(c2nonc2[N+](=O)[O-])N1c1ccc(F)c(Br)c1. The number of rotatable bonds is 4. The van der Waals surface area contributed by atoms with Crippen LogP contribution in [0.3, 0.4) is 0 Å². The van der Waals surface area contributed by atoms with Crippen LogP contribution in [0, 0.1) is 15.9 Å². The molecule has 0 saturated carbocycles. The molecule has 12 heteroatoms. The number of nitro groups is 1. The predicted molar refractivity (Wildman–Crippen MR) is 75.0 cm³/mol. The number of benzene rings is 1. The molecule has 1 aliphatic heterocycles. The number of aromatic nitrogens is 2. The zero-order chi connectivity index (χ0) is 16.6. The molecule has 1 aromatic heterocycles. The van der Waals surface area contributed by atoms with Crippen molar-refractivity contribution < 1.29 is 23.6 Å². The summed E-state index contributed by atoms with van der Waals surface area (Å²) in [6.07, 6.45) is -0.772. The molecule has 10 nitrogen and oxygen atoms in total. The first-order chi connectivity index (χ1) is 11.0. The van der Waals surface area contributed by atoms with Crippen LogP contribution in [0.15, 0.2) is 32.5 Å². The molecular weight excluding hydrogens is 381 g/mol. The fourth-order valence-electron chi connectivity index (χ4n) is 1.91. The molecule has 1 aromatic carbocycles. The van der Waals surface area contributed by atoms with Gasteiger partial charge in [-0.1, -0.05) is 5.16 Å². The Morgan fingerprint density at radius 3 is 2.87 bits per heavy atom. The molecule has 0 radical (unpaired) electrons. The second-order valence-corrected chi connectivity index (χ2v) is 5.06. The quantitative estimate of drug-likeness (QED) is 0.441. The summed E-state index contributed by atoms with van der Waals surface area (Å²) >= 11 is 3.02. The van der Waals surface area contributed by atoms with Gasteiger partial charge in [0.1, 0.15) is 5.82 Å². The van der Waals surface area contributed by atoms with E-state index in [0.29, 0.717) is 12.0 Å². The summed E-state index contributed by atoms with van der Waals surface area (Å²) in [5.74, 6) is -1.37. The lowest BCUT2D eigenvalue weighted by atomic mass is 10.2. The Labute approximate surface area is 134 Å². The van der Waals surface area contributed by atoms with Crippen LogP contribution < -0.4 is 4.90 Å². The van der Waals surface area contributed by atoms with Crippen LogP contribution in [0.2, 0.25) is 0 Å². The number of halogens is 2. The molecule has 118 valence electrons. The number of aldehydes is 1. The lowest BCUT2D eigenvalue weighted by Gasteiger charge is -2.20. The Kier molecular flexibility index (Phi) is 3.73. The topological polar surface area (TPSA) is 124 Å². The first kappa shape index (κ1) is 15.0.